The van der Waals surface area contributed by atoms with Crippen molar-refractivity contribution in [1.29, 1.82) is 0 Å². The summed E-state index contributed by atoms with van der Waals surface area (Å²) in [7, 11) is 0. The molecule has 0 aromatic rings. The van der Waals surface area contributed by atoms with Gasteiger partial charge in [0.05, 0.1) is 31.2 Å². The number of hydrogen-bond acceptors (Lipinski definition) is 7. The molecule has 2 N–H and O–H groups in total. The van der Waals surface area contributed by atoms with E-state index in [1.807, 2.05) is 26.0 Å². The van der Waals surface area contributed by atoms with E-state index in [1.165, 1.54) is 4.90 Å². The van der Waals surface area contributed by atoms with Crippen LogP contribution in [0.1, 0.15) is 40.5 Å². The maximum atomic E-state index is 14.0. The van der Waals surface area contributed by atoms with E-state index in [9.17, 15) is 24.3 Å². The summed E-state index contributed by atoms with van der Waals surface area (Å²) in [6.07, 6.45) is 6.64. The normalized spacial score (nSPS) is 37.5. The summed E-state index contributed by atoms with van der Waals surface area (Å²) in [4.78, 5) is 56.3. The molecular formula is C25H35N3O7. The molecule has 0 saturated carbocycles. The Hall–Kier alpha value is -2.72. The molecule has 4 aliphatic rings. The lowest BCUT2D eigenvalue weighted by Crippen LogP contribution is -2.59. The number of amides is 3. The first-order valence-electron chi connectivity index (χ1n) is 12.3. The molecule has 192 valence electrons. The number of ether oxygens (including phenoxy) is 2. The van der Waals surface area contributed by atoms with Crippen molar-refractivity contribution in [3.63, 3.8) is 0 Å². The minimum atomic E-state index is -1.31. The lowest BCUT2D eigenvalue weighted by Gasteiger charge is -2.39. The fraction of sp³-hybridized carbons (Fsp3) is 0.680. The van der Waals surface area contributed by atoms with E-state index in [2.05, 4.69) is 5.32 Å². The minimum Gasteiger partial charge on any atom is -0.460 e. The maximum absolute atomic E-state index is 14.0. The number of likely N-dealkylation sites (tertiary alicyclic amines) is 1. The molecule has 4 aliphatic heterocycles. The van der Waals surface area contributed by atoms with Crippen LogP contribution in [0, 0.1) is 11.8 Å². The molecule has 0 aromatic heterocycles. The van der Waals surface area contributed by atoms with Crippen molar-refractivity contribution < 1.29 is 33.8 Å². The average molecular weight is 490 g/mol. The van der Waals surface area contributed by atoms with Crippen molar-refractivity contribution in [3.05, 3.63) is 24.3 Å². The molecule has 35 heavy (non-hydrogen) atoms. The lowest BCUT2D eigenvalue weighted by molar-refractivity contribution is -0.159. The van der Waals surface area contributed by atoms with Crippen LogP contribution in [0.15, 0.2) is 24.3 Å². The number of hydrogen-bond donors (Lipinski definition) is 2. The quantitative estimate of drug-likeness (QED) is 0.427. The third-order valence-corrected chi connectivity index (χ3v) is 7.37. The molecule has 3 amide bonds. The molecule has 1 spiro atoms. The van der Waals surface area contributed by atoms with Gasteiger partial charge in [0.15, 0.2) is 0 Å². The van der Waals surface area contributed by atoms with Gasteiger partial charge in [-0.2, -0.15) is 0 Å². The van der Waals surface area contributed by atoms with Crippen LogP contribution >= 0.6 is 0 Å². The van der Waals surface area contributed by atoms with Crippen LogP contribution in [0.2, 0.25) is 0 Å². The number of aliphatic hydroxyl groups is 1. The van der Waals surface area contributed by atoms with Crippen molar-refractivity contribution in [2.45, 2.75) is 76.5 Å². The standard InChI is InChI=1S/C25H35N3O7/c1-14(2)27-11-7-5-6-8-18(30)26-12-16(4)34-24(33)19-17-9-10-25(35-17)20(19)22(31)28(15(3)13-29)21(25)23(27)32/h5,7,9-10,14-17,19-21,29H,6,8,11-13H2,1-4H3,(H,26,30)/b7-5-/t15-,16-,17+,19-,20-,21+,25-/m1/s1. The summed E-state index contributed by atoms with van der Waals surface area (Å²) in [5.41, 5.74) is -1.31. The van der Waals surface area contributed by atoms with Crippen LogP contribution in [0.5, 0.6) is 0 Å². The van der Waals surface area contributed by atoms with E-state index >= 15 is 0 Å². The number of carbonyl (C=O) groups is 4. The number of rotatable bonds is 3. The Labute approximate surface area is 205 Å². The van der Waals surface area contributed by atoms with Crippen LogP contribution < -0.4 is 5.32 Å². The van der Waals surface area contributed by atoms with Gasteiger partial charge in [0.1, 0.15) is 23.7 Å². The second-order valence-corrected chi connectivity index (χ2v) is 10.1. The monoisotopic (exact) mass is 489 g/mol. The van der Waals surface area contributed by atoms with Crippen LogP contribution in [-0.4, -0.2) is 94.2 Å². The summed E-state index contributed by atoms with van der Waals surface area (Å²) >= 11 is 0. The molecule has 7 atom stereocenters. The summed E-state index contributed by atoms with van der Waals surface area (Å²) in [5, 5.41) is 12.7. The highest BCUT2D eigenvalue weighted by Gasteiger charge is 2.74. The molecule has 0 aromatic carbocycles. The molecule has 0 radical (unpaired) electrons. The predicted octanol–water partition coefficient (Wildman–Crippen LogP) is 0.153. The summed E-state index contributed by atoms with van der Waals surface area (Å²) in [6, 6.07) is -1.85. The Balaban J connectivity index is 1.77. The molecular weight excluding hydrogens is 454 g/mol. The molecule has 4 heterocycles. The second kappa shape index (κ2) is 9.73. The van der Waals surface area contributed by atoms with Crippen molar-refractivity contribution in [3.8, 4) is 0 Å². The van der Waals surface area contributed by atoms with Gasteiger partial charge < -0.3 is 29.7 Å². The number of cyclic esters (lactones) is 1. The highest BCUT2D eigenvalue weighted by molar-refractivity contribution is 5.99. The van der Waals surface area contributed by atoms with Crippen LogP contribution in [0.4, 0.5) is 0 Å². The van der Waals surface area contributed by atoms with Gasteiger partial charge in [-0.05, 0) is 34.1 Å². The van der Waals surface area contributed by atoms with E-state index in [0.29, 0.717) is 13.0 Å². The van der Waals surface area contributed by atoms with E-state index in [0.717, 1.165) is 0 Å². The highest BCUT2D eigenvalue weighted by atomic mass is 16.6. The van der Waals surface area contributed by atoms with Crippen molar-refractivity contribution in [1.82, 2.24) is 15.1 Å². The van der Waals surface area contributed by atoms with Crippen LogP contribution in [-0.2, 0) is 28.7 Å². The maximum Gasteiger partial charge on any atom is 0.313 e. The van der Waals surface area contributed by atoms with E-state index in [-0.39, 0.29) is 37.4 Å². The lowest BCUT2D eigenvalue weighted by atomic mass is 9.74. The summed E-state index contributed by atoms with van der Waals surface area (Å²) < 4.78 is 11.9. The first kappa shape index (κ1) is 25.4. The second-order valence-electron chi connectivity index (χ2n) is 10.1. The number of nitrogens with one attached hydrogen (secondary N) is 1. The predicted molar refractivity (Wildman–Crippen MR) is 125 cm³/mol. The van der Waals surface area contributed by atoms with Crippen LogP contribution in [0.3, 0.4) is 0 Å². The van der Waals surface area contributed by atoms with Gasteiger partial charge in [-0.3, -0.25) is 19.2 Å². The summed E-state index contributed by atoms with van der Waals surface area (Å²) in [5.74, 6) is -3.32. The Morgan fingerprint density at radius 1 is 1.17 bits per heavy atom. The smallest absolute Gasteiger partial charge is 0.313 e. The van der Waals surface area contributed by atoms with E-state index < -0.39 is 53.6 Å². The zero-order chi connectivity index (χ0) is 25.5. The average Bonchev–Trinajstić information content (AvgIpc) is 3.45. The van der Waals surface area contributed by atoms with Gasteiger partial charge in [0, 0.05) is 19.0 Å². The third-order valence-electron chi connectivity index (χ3n) is 7.37. The Morgan fingerprint density at radius 3 is 2.60 bits per heavy atom. The van der Waals surface area contributed by atoms with Crippen molar-refractivity contribution in [2.24, 2.45) is 11.8 Å². The molecule has 5 bridgehead atoms. The topological polar surface area (TPSA) is 125 Å². The van der Waals surface area contributed by atoms with Gasteiger partial charge in [-0.15, -0.1) is 0 Å². The number of allylic oxidation sites excluding steroid dienone is 1. The number of esters is 1. The van der Waals surface area contributed by atoms with Gasteiger partial charge in [0.25, 0.3) is 0 Å². The zero-order valence-electron chi connectivity index (χ0n) is 20.7. The van der Waals surface area contributed by atoms with E-state index in [1.54, 1.807) is 30.9 Å². The van der Waals surface area contributed by atoms with Gasteiger partial charge in [-0.25, -0.2) is 0 Å². The van der Waals surface area contributed by atoms with Gasteiger partial charge >= 0.3 is 5.97 Å². The van der Waals surface area contributed by atoms with Crippen molar-refractivity contribution >= 4 is 23.7 Å². The molecule has 10 nitrogen and oxygen atoms in total. The first-order valence-corrected chi connectivity index (χ1v) is 12.3. The Bertz CT molecular complexity index is 947. The SMILES string of the molecule is CC(C)N1C/C=C\CCC(=O)NC[C@@H](C)OC(=O)[C@@H]2[C@@H]3C=C[C@]4(O3)[C@H](C1=O)N([C@H](C)CO)C(=O)[C@@H]24. The number of nitrogens with zero attached hydrogens (tertiary/aromatic N) is 2. The largest absolute Gasteiger partial charge is 0.460 e. The molecule has 4 rings (SSSR count). The molecule has 10 heteroatoms. The van der Waals surface area contributed by atoms with Crippen LogP contribution in [0.25, 0.3) is 0 Å². The van der Waals surface area contributed by atoms with Gasteiger partial charge in [-0.1, -0.05) is 24.3 Å². The fourth-order valence-corrected chi connectivity index (χ4v) is 5.62. The summed E-state index contributed by atoms with van der Waals surface area (Å²) in [6.45, 7) is 7.24. The third kappa shape index (κ3) is 4.27. The first-order chi connectivity index (χ1) is 16.6. The Kier molecular flexibility index (Phi) is 7.06. The number of fused-ring (bicyclic) bond motifs is 2. The number of aliphatic hydroxyl groups excluding tert-OH is 1. The highest BCUT2D eigenvalue weighted by Crippen LogP contribution is 2.56. The molecule has 0 aliphatic carbocycles. The van der Waals surface area contributed by atoms with Crippen molar-refractivity contribution in [2.75, 3.05) is 19.7 Å². The van der Waals surface area contributed by atoms with Gasteiger partial charge in [0.2, 0.25) is 17.7 Å². The molecule has 2 fully saturated rings. The van der Waals surface area contributed by atoms with E-state index in [4.69, 9.17) is 9.47 Å². The molecule has 0 unspecified atom stereocenters. The number of carbonyl (C=O) groups excluding carboxylic acids is 4. The minimum absolute atomic E-state index is 0.155. The fourth-order valence-electron chi connectivity index (χ4n) is 5.62. The Morgan fingerprint density at radius 2 is 1.91 bits per heavy atom. The zero-order valence-corrected chi connectivity index (χ0v) is 20.7. The molecule has 2 saturated heterocycles.